The van der Waals surface area contributed by atoms with Crippen molar-refractivity contribution >= 4 is 23.5 Å². The number of aryl methyl sites for hydroxylation is 1. The van der Waals surface area contributed by atoms with Crippen molar-refractivity contribution in [2.24, 2.45) is 0 Å². The maximum Gasteiger partial charge on any atom is 0.224 e. The van der Waals surface area contributed by atoms with E-state index in [4.69, 9.17) is 5.26 Å². The average molecular weight is 302 g/mol. The second-order valence-corrected chi connectivity index (χ2v) is 5.35. The van der Waals surface area contributed by atoms with Gasteiger partial charge in [0.25, 0.3) is 0 Å². The maximum atomic E-state index is 12.3. The van der Waals surface area contributed by atoms with Gasteiger partial charge in [0.1, 0.15) is 0 Å². The van der Waals surface area contributed by atoms with Crippen molar-refractivity contribution in [1.82, 2.24) is 0 Å². The van der Waals surface area contributed by atoms with E-state index in [1.54, 1.807) is 36.4 Å². The van der Waals surface area contributed by atoms with Crippen LogP contribution in [-0.4, -0.2) is 11.7 Å². The van der Waals surface area contributed by atoms with Gasteiger partial charge in [-0.2, -0.15) is 5.26 Å². The Kier molecular flexibility index (Phi) is 4.03. The quantitative estimate of drug-likeness (QED) is 0.698. The molecule has 0 radical (unpaired) electrons. The minimum Gasteiger partial charge on any atom is -0.326 e. The Morgan fingerprint density at radius 1 is 1.17 bits per heavy atom. The molecule has 0 bridgehead atoms. The summed E-state index contributed by atoms with van der Waals surface area (Å²) in [5, 5.41) is 11.7. The van der Waals surface area contributed by atoms with Crippen LogP contribution in [0.15, 0.2) is 48.5 Å². The molecule has 1 aliphatic heterocycles. The van der Waals surface area contributed by atoms with Crippen LogP contribution in [-0.2, 0) is 11.2 Å². The number of hydrogen-bond acceptors (Lipinski definition) is 3. The molecule has 3 rings (SSSR count). The second-order valence-electron chi connectivity index (χ2n) is 5.35. The van der Waals surface area contributed by atoms with Crippen LogP contribution in [0.4, 0.5) is 5.69 Å². The zero-order chi connectivity index (χ0) is 16.2. The van der Waals surface area contributed by atoms with Crippen LogP contribution in [0.1, 0.15) is 33.5 Å². The van der Waals surface area contributed by atoms with E-state index in [0.29, 0.717) is 24.0 Å². The van der Waals surface area contributed by atoms with Crippen LogP contribution in [0.3, 0.4) is 0 Å². The molecule has 0 aromatic heterocycles. The smallest absolute Gasteiger partial charge is 0.224 e. The molecule has 0 spiro atoms. The number of carbonyl (C=O) groups excluding carboxylic acids is 2. The Hall–Kier alpha value is -3.19. The average Bonchev–Trinajstić information content (AvgIpc) is 2.59. The standard InChI is InChI=1S/C19H14N2O2/c20-12-14-3-1-2-13(10-14)4-8-18(22)16-5-7-17-15(11-16)6-9-19(23)21-17/h1-5,7-8,10-11H,6,9H2,(H,21,23). The van der Waals surface area contributed by atoms with Gasteiger partial charge in [0.15, 0.2) is 5.78 Å². The third-order valence-corrected chi connectivity index (χ3v) is 3.73. The summed E-state index contributed by atoms with van der Waals surface area (Å²) in [6.45, 7) is 0. The zero-order valence-electron chi connectivity index (χ0n) is 12.4. The maximum absolute atomic E-state index is 12.3. The van der Waals surface area contributed by atoms with Gasteiger partial charge < -0.3 is 5.32 Å². The van der Waals surface area contributed by atoms with E-state index >= 15 is 0 Å². The highest BCUT2D eigenvalue weighted by Gasteiger charge is 2.15. The van der Waals surface area contributed by atoms with Gasteiger partial charge in [-0.05, 0) is 54.0 Å². The lowest BCUT2D eigenvalue weighted by molar-refractivity contribution is -0.116. The number of rotatable bonds is 3. The van der Waals surface area contributed by atoms with Gasteiger partial charge in [0.05, 0.1) is 11.6 Å². The fraction of sp³-hybridized carbons (Fsp3) is 0.105. The van der Waals surface area contributed by atoms with Gasteiger partial charge in [-0.25, -0.2) is 0 Å². The first kappa shape index (κ1) is 14.7. The van der Waals surface area contributed by atoms with E-state index in [2.05, 4.69) is 11.4 Å². The minimum atomic E-state index is -0.105. The van der Waals surface area contributed by atoms with Crippen molar-refractivity contribution < 1.29 is 9.59 Å². The summed E-state index contributed by atoms with van der Waals surface area (Å²) in [5.74, 6) is -0.0964. The highest BCUT2D eigenvalue weighted by atomic mass is 16.1. The Bertz CT molecular complexity index is 860. The van der Waals surface area contributed by atoms with Crippen molar-refractivity contribution in [3.05, 3.63) is 70.8 Å². The largest absolute Gasteiger partial charge is 0.326 e. The molecule has 1 heterocycles. The molecule has 0 saturated heterocycles. The van der Waals surface area contributed by atoms with Gasteiger partial charge in [0, 0.05) is 17.7 Å². The van der Waals surface area contributed by atoms with Crippen molar-refractivity contribution in [2.45, 2.75) is 12.8 Å². The Balaban J connectivity index is 1.79. The number of ketones is 1. The lowest BCUT2D eigenvalue weighted by Crippen LogP contribution is -2.19. The topological polar surface area (TPSA) is 70.0 Å². The zero-order valence-corrected chi connectivity index (χ0v) is 12.4. The molecular formula is C19H14N2O2. The van der Waals surface area contributed by atoms with Gasteiger partial charge in [-0.3, -0.25) is 9.59 Å². The molecule has 112 valence electrons. The molecule has 0 saturated carbocycles. The number of benzene rings is 2. The number of fused-ring (bicyclic) bond motifs is 1. The summed E-state index contributed by atoms with van der Waals surface area (Å²) in [6.07, 6.45) is 4.29. The normalized spacial score (nSPS) is 13.3. The molecule has 1 aliphatic rings. The van der Waals surface area contributed by atoms with Crippen LogP contribution in [0.2, 0.25) is 0 Å². The summed E-state index contributed by atoms with van der Waals surface area (Å²) in [5.41, 5.74) is 3.72. The molecule has 2 aromatic rings. The highest BCUT2D eigenvalue weighted by molar-refractivity contribution is 6.07. The molecule has 0 aliphatic carbocycles. The first-order chi connectivity index (χ1) is 11.2. The summed E-state index contributed by atoms with van der Waals surface area (Å²) < 4.78 is 0. The predicted molar refractivity (Wildman–Crippen MR) is 87.9 cm³/mol. The van der Waals surface area contributed by atoms with Gasteiger partial charge in [0.2, 0.25) is 5.91 Å². The Morgan fingerprint density at radius 2 is 2.04 bits per heavy atom. The lowest BCUT2D eigenvalue weighted by Gasteiger charge is -2.16. The third-order valence-electron chi connectivity index (χ3n) is 3.73. The number of amides is 1. The number of nitriles is 1. The molecule has 4 nitrogen and oxygen atoms in total. The van der Waals surface area contributed by atoms with E-state index in [9.17, 15) is 9.59 Å². The van der Waals surface area contributed by atoms with Crippen LogP contribution in [0.5, 0.6) is 0 Å². The third kappa shape index (κ3) is 3.35. The number of anilines is 1. The summed E-state index contributed by atoms with van der Waals surface area (Å²) in [4.78, 5) is 23.6. The minimum absolute atomic E-state index is 0.00819. The van der Waals surface area contributed by atoms with Gasteiger partial charge in [-0.1, -0.05) is 18.2 Å². The highest BCUT2D eigenvalue weighted by Crippen LogP contribution is 2.24. The monoisotopic (exact) mass is 302 g/mol. The second kappa shape index (κ2) is 6.29. The van der Waals surface area contributed by atoms with E-state index in [-0.39, 0.29) is 11.7 Å². The number of hydrogen-bond donors (Lipinski definition) is 1. The van der Waals surface area contributed by atoms with Crippen molar-refractivity contribution in [2.75, 3.05) is 5.32 Å². The van der Waals surface area contributed by atoms with Crippen LogP contribution in [0, 0.1) is 11.3 Å². The Labute approximate surface area is 134 Å². The van der Waals surface area contributed by atoms with E-state index in [1.807, 2.05) is 12.1 Å². The molecule has 2 aromatic carbocycles. The van der Waals surface area contributed by atoms with Crippen LogP contribution >= 0.6 is 0 Å². The number of carbonyl (C=O) groups is 2. The van der Waals surface area contributed by atoms with Crippen molar-refractivity contribution in [1.29, 1.82) is 5.26 Å². The summed E-state index contributed by atoms with van der Waals surface area (Å²) >= 11 is 0. The molecule has 4 heteroatoms. The van der Waals surface area contributed by atoms with Crippen LogP contribution < -0.4 is 5.32 Å². The molecule has 23 heavy (non-hydrogen) atoms. The first-order valence-corrected chi connectivity index (χ1v) is 7.31. The first-order valence-electron chi connectivity index (χ1n) is 7.31. The lowest BCUT2D eigenvalue weighted by atomic mass is 9.98. The fourth-order valence-corrected chi connectivity index (χ4v) is 2.52. The van der Waals surface area contributed by atoms with Gasteiger partial charge >= 0.3 is 0 Å². The SMILES string of the molecule is N#Cc1cccc(C=CC(=O)c2ccc3c(c2)CCC(=O)N3)c1. The fourth-order valence-electron chi connectivity index (χ4n) is 2.52. The molecular weight excluding hydrogens is 288 g/mol. The van der Waals surface area contributed by atoms with Crippen LogP contribution in [0.25, 0.3) is 6.08 Å². The Morgan fingerprint density at radius 3 is 2.87 bits per heavy atom. The molecule has 0 atom stereocenters. The van der Waals surface area contributed by atoms with E-state index in [1.165, 1.54) is 6.08 Å². The van der Waals surface area contributed by atoms with E-state index in [0.717, 1.165) is 16.8 Å². The summed E-state index contributed by atoms with van der Waals surface area (Å²) in [6, 6.07) is 14.4. The number of nitrogens with zero attached hydrogens (tertiary/aromatic N) is 1. The predicted octanol–water partition coefficient (Wildman–Crippen LogP) is 3.34. The molecule has 0 fully saturated rings. The number of allylic oxidation sites excluding steroid dienone is 1. The van der Waals surface area contributed by atoms with Crippen molar-refractivity contribution in [3.63, 3.8) is 0 Å². The molecule has 0 unspecified atom stereocenters. The number of nitrogens with one attached hydrogen (secondary N) is 1. The van der Waals surface area contributed by atoms with E-state index < -0.39 is 0 Å². The summed E-state index contributed by atoms with van der Waals surface area (Å²) in [7, 11) is 0. The molecule has 1 N–H and O–H groups in total. The van der Waals surface area contributed by atoms with Crippen molar-refractivity contribution in [3.8, 4) is 6.07 Å². The molecule has 1 amide bonds. The van der Waals surface area contributed by atoms with Gasteiger partial charge in [-0.15, -0.1) is 0 Å².